The van der Waals surface area contributed by atoms with Crippen LogP contribution in [0, 0.1) is 6.20 Å². The van der Waals surface area contributed by atoms with Crippen LogP contribution < -0.4 is 0 Å². The molecule has 2 aromatic heterocycles. The van der Waals surface area contributed by atoms with Gasteiger partial charge in [-0.15, -0.1) is 0 Å². The van der Waals surface area contributed by atoms with Crippen LogP contribution in [0.1, 0.15) is 0 Å². The van der Waals surface area contributed by atoms with Gasteiger partial charge in [0.2, 0.25) is 11.2 Å². The molecule has 2 rings (SSSR count). The molecule has 2 heterocycles. The van der Waals surface area contributed by atoms with Crippen molar-refractivity contribution in [2.45, 2.75) is 0 Å². The molecule has 0 N–H and O–H groups in total. The lowest BCUT2D eigenvalue weighted by atomic mass is 10.6. The Morgan fingerprint density at radius 2 is 2.44 bits per heavy atom. The number of oxazole rings is 1. The van der Waals surface area contributed by atoms with E-state index < -0.39 is 0 Å². The molecule has 0 bridgehead atoms. The largest absolute Gasteiger partial charge is 0.439 e. The Balaban J connectivity index is 2.95. The van der Waals surface area contributed by atoms with Crippen molar-refractivity contribution >= 4 is 11.2 Å². The second kappa shape index (κ2) is 1.51. The van der Waals surface area contributed by atoms with Crippen LogP contribution >= 0.6 is 0 Å². The van der Waals surface area contributed by atoms with Crippen LogP contribution in [0.2, 0.25) is 0 Å². The summed E-state index contributed by atoms with van der Waals surface area (Å²) in [6.45, 7) is 0. The van der Waals surface area contributed by atoms with Gasteiger partial charge in [0.25, 0.3) is 0 Å². The molecule has 0 aromatic carbocycles. The van der Waals surface area contributed by atoms with Gasteiger partial charge in [-0.25, -0.2) is 9.97 Å². The van der Waals surface area contributed by atoms with Crippen molar-refractivity contribution in [3.8, 4) is 0 Å². The van der Waals surface area contributed by atoms with Gasteiger partial charge in [-0.1, -0.05) is 0 Å². The summed E-state index contributed by atoms with van der Waals surface area (Å²) in [5.41, 5.74) is 1.04. The molecular formula is C5H2N3O. The Morgan fingerprint density at radius 3 is 3.33 bits per heavy atom. The third kappa shape index (κ3) is 0.561. The van der Waals surface area contributed by atoms with Crippen LogP contribution in [-0.4, -0.2) is 15.0 Å². The Labute approximate surface area is 50.6 Å². The summed E-state index contributed by atoms with van der Waals surface area (Å²) in [5, 5.41) is 0. The topological polar surface area (TPSA) is 51.8 Å². The third-order valence-electron chi connectivity index (χ3n) is 0.952. The van der Waals surface area contributed by atoms with Crippen molar-refractivity contribution in [1.29, 1.82) is 0 Å². The zero-order valence-electron chi connectivity index (χ0n) is 4.40. The first-order valence-corrected chi connectivity index (χ1v) is 2.39. The highest BCUT2D eigenvalue weighted by molar-refractivity contribution is 5.63. The number of rotatable bonds is 0. The lowest BCUT2D eigenvalue weighted by Gasteiger charge is -1.77. The molecule has 0 spiro atoms. The average molecular weight is 120 g/mol. The molecule has 0 unspecified atom stereocenters. The number of aromatic nitrogens is 3. The van der Waals surface area contributed by atoms with Crippen LogP contribution in [0.15, 0.2) is 17.1 Å². The summed E-state index contributed by atoms with van der Waals surface area (Å²) in [6, 6.07) is 0. The molecule has 4 nitrogen and oxygen atoms in total. The van der Waals surface area contributed by atoms with Crippen molar-refractivity contribution in [2.24, 2.45) is 0 Å². The molecule has 1 radical (unpaired) electrons. The van der Waals surface area contributed by atoms with Gasteiger partial charge in [0.1, 0.15) is 12.5 Å². The highest BCUT2D eigenvalue weighted by Gasteiger charge is 1.95. The highest BCUT2D eigenvalue weighted by atomic mass is 16.3. The molecule has 0 aliphatic carbocycles. The van der Waals surface area contributed by atoms with Crippen molar-refractivity contribution in [1.82, 2.24) is 15.0 Å². The maximum atomic E-state index is 4.83. The molecule has 4 heteroatoms. The Kier molecular flexibility index (Phi) is 0.745. The Hall–Kier alpha value is -1.45. The van der Waals surface area contributed by atoms with Gasteiger partial charge >= 0.3 is 0 Å². The molecule has 0 aliphatic rings. The van der Waals surface area contributed by atoms with Crippen LogP contribution in [0.25, 0.3) is 11.2 Å². The lowest BCUT2D eigenvalue weighted by Crippen LogP contribution is -1.76. The first-order chi connectivity index (χ1) is 4.47. The fourth-order valence-electron chi connectivity index (χ4n) is 0.580. The maximum absolute atomic E-state index is 4.83. The minimum absolute atomic E-state index is 0.498. The highest BCUT2D eigenvalue weighted by Crippen LogP contribution is 2.03. The zero-order valence-corrected chi connectivity index (χ0v) is 4.40. The average Bonchev–Trinajstić information content (AvgIpc) is 2.33. The van der Waals surface area contributed by atoms with E-state index in [1.165, 1.54) is 12.7 Å². The fraction of sp³-hybridized carbons (Fsp3) is 0. The molecular weight excluding hydrogens is 118 g/mol. The van der Waals surface area contributed by atoms with E-state index >= 15 is 0 Å². The van der Waals surface area contributed by atoms with Gasteiger partial charge in [-0.3, -0.25) is 0 Å². The molecule has 0 fully saturated rings. The number of hydrogen-bond donors (Lipinski definition) is 0. The molecule has 2 aromatic rings. The Bertz CT molecular complexity index is 286. The van der Waals surface area contributed by atoms with Gasteiger partial charge in [0, 0.05) is 0 Å². The number of fused-ring (bicyclic) bond motifs is 1. The maximum Gasteiger partial charge on any atom is 0.202 e. The molecule has 0 saturated carbocycles. The second-order valence-electron chi connectivity index (χ2n) is 1.49. The smallest absolute Gasteiger partial charge is 0.202 e. The number of hydrogen-bond acceptors (Lipinski definition) is 4. The minimum atomic E-state index is 0.498. The van der Waals surface area contributed by atoms with Crippen LogP contribution in [0.3, 0.4) is 0 Å². The third-order valence-corrected chi connectivity index (χ3v) is 0.952. The standard InChI is InChI=1S/C5H2N3O/c1-4-5(7-2-6-1)8-3-9-4/h2-3H. The molecule has 9 heavy (non-hydrogen) atoms. The fourth-order valence-corrected chi connectivity index (χ4v) is 0.580. The van der Waals surface area contributed by atoms with Crippen molar-refractivity contribution < 1.29 is 4.42 Å². The molecule has 0 atom stereocenters. The summed E-state index contributed by atoms with van der Waals surface area (Å²) in [7, 11) is 0. The monoisotopic (exact) mass is 120 g/mol. The van der Waals surface area contributed by atoms with Crippen molar-refractivity contribution in [3.05, 3.63) is 18.9 Å². The van der Waals surface area contributed by atoms with E-state index in [1.54, 1.807) is 0 Å². The van der Waals surface area contributed by atoms with Gasteiger partial charge in [-0.05, 0) is 0 Å². The van der Waals surface area contributed by atoms with Crippen molar-refractivity contribution in [2.75, 3.05) is 0 Å². The summed E-state index contributed by atoms with van der Waals surface area (Å²) in [6.07, 6.45) is 5.28. The SMILES string of the molecule is [c]1ncnc2ncoc12. The molecule has 0 amide bonds. The Morgan fingerprint density at radius 1 is 1.44 bits per heavy atom. The van der Waals surface area contributed by atoms with E-state index in [-0.39, 0.29) is 0 Å². The van der Waals surface area contributed by atoms with Gasteiger partial charge in [-0.2, -0.15) is 4.98 Å². The van der Waals surface area contributed by atoms with E-state index in [0.29, 0.717) is 11.2 Å². The normalized spacial score (nSPS) is 10.2. The van der Waals surface area contributed by atoms with E-state index in [1.807, 2.05) is 0 Å². The van der Waals surface area contributed by atoms with Crippen LogP contribution in [0.5, 0.6) is 0 Å². The second-order valence-corrected chi connectivity index (χ2v) is 1.49. The number of nitrogens with zero attached hydrogens (tertiary/aromatic N) is 3. The lowest BCUT2D eigenvalue weighted by molar-refractivity contribution is 0.600. The van der Waals surface area contributed by atoms with E-state index in [4.69, 9.17) is 4.42 Å². The first kappa shape index (κ1) is 4.43. The predicted octanol–water partition coefficient (Wildman–Crippen LogP) is 0.418. The van der Waals surface area contributed by atoms with E-state index in [2.05, 4.69) is 21.1 Å². The van der Waals surface area contributed by atoms with Gasteiger partial charge in [0.05, 0.1) is 0 Å². The zero-order chi connectivity index (χ0) is 6.10. The summed E-state index contributed by atoms with van der Waals surface area (Å²) >= 11 is 0. The minimum Gasteiger partial charge on any atom is -0.439 e. The van der Waals surface area contributed by atoms with E-state index in [0.717, 1.165) is 0 Å². The van der Waals surface area contributed by atoms with E-state index in [9.17, 15) is 0 Å². The first-order valence-electron chi connectivity index (χ1n) is 2.39. The molecule has 43 valence electrons. The predicted molar refractivity (Wildman–Crippen MR) is 28.4 cm³/mol. The summed E-state index contributed by atoms with van der Waals surface area (Å²) < 4.78 is 4.83. The van der Waals surface area contributed by atoms with Gasteiger partial charge < -0.3 is 4.42 Å². The summed E-state index contributed by atoms with van der Waals surface area (Å²) in [5.74, 6) is 0. The summed E-state index contributed by atoms with van der Waals surface area (Å²) in [4.78, 5) is 11.2. The van der Waals surface area contributed by atoms with Crippen molar-refractivity contribution in [3.63, 3.8) is 0 Å². The van der Waals surface area contributed by atoms with Gasteiger partial charge in [0.15, 0.2) is 6.39 Å². The van der Waals surface area contributed by atoms with Crippen LogP contribution in [-0.2, 0) is 0 Å². The quantitative estimate of drug-likeness (QED) is 0.505. The van der Waals surface area contributed by atoms with Crippen LogP contribution in [0.4, 0.5) is 0 Å². The molecule has 0 aliphatic heterocycles. The molecule has 0 saturated heterocycles.